The number of carboxylic acids is 1. The number of rotatable bonds is 6. The summed E-state index contributed by atoms with van der Waals surface area (Å²) in [6.07, 6.45) is 0. The highest BCUT2D eigenvalue weighted by Gasteiger charge is 2.16. The molecule has 2 aromatic rings. The van der Waals surface area contributed by atoms with Gasteiger partial charge in [0.25, 0.3) is 0 Å². The van der Waals surface area contributed by atoms with Crippen LogP contribution in [0.2, 0.25) is 5.15 Å². The highest BCUT2D eigenvalue weighted by atomic mass is 79.9. The van der Waals surface area contributed by atoms with Crippen LogP contribution < -0.4 is 14.8 Å². The van der Waals surface area contributed by atoms with Crippen molar-refractivity contribution in [1.82, 2.24) is 4.98 Å². The molecule has 2 N–H and O–H groups in total. The van der Waals surface area contributed by atoms with Crippen LogP contribution in [0.15, 0.2) is 28.7 Å². The molecule has 0 saturated carbocycles. The van der Waals surface area contributed by atoms with Crippen LogP contribution in [-0.4, -0.2) is 30.3 Å². The second-order valence-corrected chi connectivity index (χ2v) is 5.67. The van der Waals surface area contributed by atoms with Crippen LogP contribution >= 0.6 is 27.5 Å². The van der Waals surface area contributed by atoms with E-state index in [0.717, 1.165) is 5.56 Å². The van der Waals surface area contributed by atoms with Crippen LogP contribution in [0.4, 0.5) is 5.69 Å². The average Bonchev–Trinajstić information content (AvgIpc) is 2.54. The number of methoxy groups -OCH3 is 2. The molecule has 1 heterocycles. The summed E-state index contributed by atoms with van der Waals surface area (Å²) in [6, 6.07) is 7.00. The van der Waals surface area contributed by atoms with Gasteiger partial charge in [0.2, 0.25) is 0 Å². The standard InChI is InChI=1S/C15H14BrClN2O4/c1-22-9-4-3-8(11(5-9)23-2)7-18-10-6-12(17)19-14(13(10)16)15(20)21/h3-6H,7H2,1-2H3,(H,18,19)(H,20,21). The predicted octanol–water partition coefficient (Wildman–Crippen LogP) is 3.83. The number of aromatic carboxylic acids is 1. The number of carbonyl (C=O) groups is 1. The fourth-order valence-corrected chi connectivity index (χ4v) is 2.66. The molecule has 0 spiro atoms. The van der Waals surface area contributed by atoms with Gasteiger partial charge in [-0.1, -0.05) is 11.6 Å². The molecule has 8 heteroatoms. The van der Waals surface area contributed by atoms with Crippen molar-refractivity contribution >= 4 is 39.2 Å². The maximum atomic E-state index is 11.2. The van der Waals surface area contributed by atoms with Gasteiger partial charge >= 0.3 is 5.97 Å². The van der Waals surface area contributed by atoms with Crippen molar-refractivity contribution in [3.63, 3.8) is 0 Å². The smallest absolute Gasteiger partial charge is 0.355 e. The predicted molar refractivity (Wildman–Crippen MR) is 90.8 cm³/mol. The van der Waals surface area contributed by atoms with Gasteiger partial charge < -0.3 is 19.9 Å². The number of hydrogen-bond donors (Lipinski definition) is 2. The zero-order valence-corrected chi connectivity index (χ0v) is 14.7. The van der Waals surface area contributed by atoms with Crippen LogP contribution in [0.25, 0.3) is 0 Å². The van der Waals surface area contributed by atoms with Gasteiger partial charge in [-0.15, -0.1) is 0 Å². The van der Waals surface area contributed by atoms with Crippen molar-refractivity contribution in [2.75, 3.05) is 19.5 Å². The molecule has 0 fully saturated rings. The minimum Gasteiger partial charge on any atom is -0.497 e. The molecular weight excluding hydrogens is 388 g/mol. The van der Waals surface area contributed by atoms with Crippen molar-refractivity contribution in [2.24, 2.45) is 0 Å². The molecular formula is C15H14BrClN2O4. The molecule has 6 nitrogen and oxygen atoms in total. The maximum Gasteiger partial charge on any atom is 0.355 e. The summed E-state index contributed by atoms with van der Waals surface area (Å²) in [5, 5.41) is 12.3. The number of ether oxygens (including phenoxy) is 2. The molecule has 0 amide bonds. The summed E-state index contributed by atoms with van der Waals surface area (Å²) in [6.45, 7) is 0.408. The van der Waals surface area contributed by atoms with E-state index in [4.69, 9.17) is 26.2 Å². The molecule has 0 aliphatic carbocycles. The zero-order valence-electron chi connectivity index (χ0n) is 12.4. The molecule has 122 valence electrons. The number of aromatic nitrogens is 1. The third-order valence-corrected chi connectivity index (χ3v) is 4.09. The number of benzene rings is 1. The molecule has 23 heavy (non-hydrogen) atoms. The summed E-state index contributed by atoms with van der Waals surface area (Å²) in [7, 11) is 3.15. The van der Waals surface area contributed by atoms with Crippen LogP contribution in [0.5, 0.6) is 11.5 Å². The zero-order chi connectivity index (χ0) is 17.0. The normalized spacial score (nSPS) is 10.3. The van der Waals surface area contributed by atoms with Crippen LogP contribution in [0.3, 0.4) is 0 Å². The summed E-state index contributed by atoms with van der Waals surface area (Å²) >= 11 is 9.10. The molecule has 0 radical (unpaired) electrons. The molecule has 1 aromatic heterocycles. The molecule has 0 saturated heterocycles. The molecule has 1 aromatic carbocycles. The molecule has 0 atom stereocenters. The number of nitrogens with zero attached hydrogens (tertiary/aromatic N) is 1. The van der Waals surface area contributed by atoms with E-state index < -0.39 is 5.97 Å². The van der Waals surface area contributed by atoms with Gasteiger partial charge in [-0.05, 0) is 34.1 Å². The van der Waals surface area contributed by atoms with E-state index >= 15 is 0 Å². The Kier molecular flexibility index (Phi) is 5.68. The van der Waals surface area contributed by atoms with E-state index in [1.807, 2.05) is 12.1 Å². The summed E-state index contributed by atoms with van der Waals surface area (Å²) < 4.78 is 10.8. The number of carboxylic acid groups (broad SMARTS) is 1. The fourth-order valence-electron chi connectivity index (χ4n) is 1.96. The highest BCUT2D eigenvalue weighted by Crippen LogP contribution is 2.30. The van der Waals surface area contributed by atoms with Gasteiger partial charge in [-0.3, -0.25) is 0 Å². The minimum atomic E-state index is -1.16. The van der Waals surface area contributed by atoms with Crippen molar-refractivity contribution in [3.05, 3.63) is 45.1 Å². The lowest BCUT2D eigenvalue weighted by molar-refractivity contribution is 0.0689. The van der Waals surface area contributed by atoms with E-state index in [1.54, 1.807) is 26.4 Å². The van der Waals surface area contributed by atoms with Crippen molar-refractivity contribution in [1.29, 1.82) is 0 Å². The first kappa shape index (κ1) is 17.4. The number of halogens is 2. The molecule has 2 rings (SSSR count). The van der Waals surface area contributed by atoms with E-state index in [2.05, 4.69) is 26.2 Å². The van der Waals surface area contributed by atoms with Crippen LogP contribution in [-0.2, 0) is 6.54 Å². The van der Waals surface area contributed by atoms with E-state index in [0.29, 0.717) is 28.2 Å². The SMILES string of the molecule is COc1ccc(CNc2cc(Cl)nc(C(=O)O)c2Br)c(OC)c1. The Morgan fingerprint density at radius 2 is 2.09 bits per heavy atom. The van der Waals surface area contributed by atoms with Gasteiger partial charge in [0.05, 0.1) is 24.4 Å². The molecule has 0 bridgehead atoms. The topological polar surface area (TPSA) is 80.7 Å². The van der Waals surface area contributed by atoms with Gasteiger partial charge in [0, 0.05) is 18.2 Å². The summed E-state index contributed by atoms with van der Waals surface area (Å²) in [5.74, 6) is 0.183. The minimum absolute atomic E-state index is 0.0924. The lowest BCUT2D eigenvalue weighted by Crippen LogP contribution is -2.07. The number of nitrogens with one attached hydrogen (secondary N) is 1. The van der Waals surface area contributed by atoms with E-state index in [9.17, 15) is 4.79 Å². The largest absolute Gasteiger partial charge is 0.497 e. The quantitative estimate of drug-likeness (QED) is 0.716. The number of hydrogen-bond acceptors (Lipinski definition) is 5. The first-order chi connectivity index (χ1) is 11.0. The van der Waals surface area contributed by atoms with Crippen molar-refractivity contribution < 1.29 is 19.4 Å². The Morgan fingerprint density at radius 1 is 1.35 bits per heavy atom. The molecule has 0 unspecified atom stereocenters. The lowest BCUT2D eigenvalue weighted by Gasteiger charge is -2.14. The second-order valence-electron chi connectivity index (χ2n) is 4.49. The van der Waals surface area contributed by atoms with E-state index in [-0.39, 0.29) is 10.8 Å². The third kappa shape index (κ3) is 4.05. The maximum absolute atomic E-state index is 11.2. The Bertz CT molecular complexity index is 740. The number of anilines is 1. The molecule has 0 aliphatic rings. The summed E-state index contributed by atoms with van der Waals surface area (Å²) in [5.41, 5.74) is 1.26. The first-order valence-corrected chi connectivity index (χ1v) is 7.67. The van der Waals surface area contributed by atoms with Gasteiger partial charge in [0.1, 0.15) is 16.7 Å². The second kappa shape index (κ2) is 7.52. The van der Waals surface area contributed by atoms with Crippen LogP contribution in [0.1, 0.15) is 16.1 Å². The van der Waals surface area contributed by atoms with E-state index in [1.165, 1.54) is 0 Å². The molecule has 0 aliphatic heterocycles. The Balaban J connectivity index is 2.26. The van der Waals surface area contributed by atoms with Crippen molar-refractivity contribution in [2.45, 2.75) is 6.54 Å². The third-order valence-electron chi connectivity index (χ3n) is 3.09. The fraction of sp³-hybridized carbons (Fsp3) is 0.200. The average molecular weight is 402 g/mol. The Labute approximate surface area is 146 Å². The summed E-state index contributed by atoms with van der Waals surface area (Å²) in [4.78, 5) is 14.9. The van der Waals surface area contributed by atoms with Crippen molar-refractivity contribution in [3.8, 4) is 11.5 Å². The Morgan fingerprint density at radius 3 is 2.70 bits per heavy atom. The highest BCUT2D eigenvalue weighted by molar-refractivity contribution is 9.10. The van der Waals surface area contributed by atoms with Gasteiger partial charge in [-0.2, -0.15) is 0 Å². The van der Waals surface area contributed by atoms with Crippen LogP contribution in [0, 0.1) is 0 Å². The number of pyridine rings is 1. The monoisotopic (exact) mass is 400 g/mol. The van der Waals surface area contributed by atoms with Gasteiger partial charge in [-0.25, -0.2) is 9.78 Å². The lowest BCUT2D eigenvalue weighted by atomic mass is 10.2. The first-order valence-electron chi connectivity index (χ1n) is 6.50. The van der Waals surface area contributed by atoms with Gasteiger partial charge in [0.15, 0.2) is 5.69 Å². The Hall–Kier alpha value is -1.99.